The third kappa shape index (κ3) is 6.75. The minimum Gasteiger partial charge on any atom is -0.495 e. The van der Waals surface area contributed by atoms with Gasteiger partial charge in [-0.15, -0.1) is 0 Å². The van der Waals surface area contributed by atoms with Gasteiger partial charge in [0, 0.05) is 5.02 Å². The van der Waals surface area contributed by atoms with Crippen LogP contribution in [0.2, 0.25) is 10.0 Å². The van der Waals surface area contributed by atoms with Crippen molar-refractivity contribution < 1.29 is 19.1 Å². The molecule has 0 aromatic heterocycles. The maximum absolute atomic E-state index is 12.5. The first kappa shape index (κ1) is 24.6. The van der Waals surface area contributed by atoms with Gasteiger partial charge in [-0.2, -0.15) is 5.26 Å². The first-order chi connectivity index (χ1) is 16.4. The van der Waals surface area contributed by atoms with E-state index in [1.54, 1.807) is 66.7 Å². The Kier molecular flexibility index (Phi) is 8.52. The molecule has 0 fully saturated rings. The van der Waals surface area contributed by atoms with Crippen molar-refractivity contribution in [2.45, 2.75) is 0 Å². The molecule has 0 radical (unpaired) electrons. The van der Waals surface area contributed by atoms with E-state index in [4.69, 9.17) is 32.7 Å². The van der Waals surface area contributed by atoms with Crippen molar-refractivity contribution in [3.8, 4) is 17.6 Å². The number of amides is 2. The minimum atomic E-state index is -0.566. The van der Waals surface area contributed by atoms with E-state index in [1.165, 1.54) is 13.2 Å². The van der Waals surface area contributed by atoms with Crippen LogP contribution in [0.15, 0.2) is 72.3 Å². The summed E-state index contributed by atoms with van der Waals surface area (Å²) in [5, 5.41) is 15.5. The number of nitriles is 1. The average molecular weight is 496 g/mol. The first-order valence-electron chi connectivity index (χ1n) is 9.93. The molecule has 3 aromatic carbocycles. The third-order valence-corrected chi connectivity index (χ3v) is 5.05. The molecule has 172 valence electrons. The van der Waals surface area contributed by atoms with Crippen molar-refractivity contribution in [2.24, 2.45) is 0 Å². The van der Waals surface area contributed by atoms with Crippen molar-refractivity contribution in [3.63, 3.8) is 0 Å². The maximum atomic E-state index is 12.5. The van der Waals surface area contributed by atoms with Gasteiger partial charge in [0.05, 0.1) is 23.5 Å². The van der Waals surface area contributed by atoms with Gasteiger partial charge in [-0.1, -0.05) is 47.5 Å². The van der Waals surface area contributed by atoms with Crippen molar-refractivity contribution in [2.75, 3.05) is 24.4 Å². The molecule has 0 unspecified atom stereocenters. The number of ether oxygens (including phenoxy) is 2. The number of halogens is 2. The molecule has 0 aliphatic heterocycles. The van der Waals surface area contributed by atoms with Crippen LogP contribution in [-0.4, -0.2) is 25.5 Å². The number of nitrogens with zero attached hydrogens (tertiary/aromatic N) is 1. The summed E-state index contributed by atoms with van der Waals surface area (Å²) < 4.78 is 10.7. The highest BCUT2D eigenvalue weighted by atomic mass is 35.5. The van der Waals surface area contributed by atoms with Gasteiger partial charge < -0.3 is 20.1 Å². The molecule has 3 aromatic rings. The van der Waals surface area contributed by atoms with E-state index in [0.717, 1.165) is 0 Å². The van der Waals surface area contributed by atoms with Crippen LogP contribution in [0.5, 0.6) is 11.5 Å². The van der Waals surface area contributed by atoms with Crippen LogP contribution in [-0.2, 0) is 9.59 Å². The van der Waals surface area contributed by atoms with Crippen molar-refractivity contribution in [1.82, 2.24) is 0 Å². The van der Waals surface area contributed by atoms with Crippen LogP contribution < -0.4 is 20.1 Å². The maximum Gasteiger partial charge on any atom is 0.266 e. The molecular formula is C25H19Cl2N3O4. The predicted molar refractivity (Wildman–Crippen MR) is 132 cm³/mol. The van der Waals surface area contributed by atoms with Crippen molar-refractivity contribution in [1.29, 1.82) is 5.26 Å². The van der Waals surface area contributed by atoms with Gasteiger partial charge in [-0.3, -0.25) is 9.59 Å². The summed E-state index contributed by atoms with van der Waals surface area (Å²) in [7, 11) is 1.49. The number of para-hydroxylation sites is 2. The van der Waals surface area contributed by atoms with Gasteiger partial charge in [-0.05, 0) is 54.1 Å². The van der Waals surface area contributed by atoms with Crippen molar-refractivity contribution in [3.05, 3.63) is 87.9 Å². The van der Waals surface area contributed by atoms with Gasteiger partial charge in [-0.25, -0.2) is 0 Å². The second-order valence-corrected chi connectivity index (χ2v) is 7.70. The Bertz CT molecular complexity index is 1270. The smallest absolute Gasteiger partial charge is 0.266 e. The van der Waals surface area contributed by atoms with E-state index in [9.17, 15) is 14.9 Å². The number of methoxy groups -OCH3 is 1. The summed E-state index contributed by atoms with van der Waals surface area (Å²) in [6.45, 7) is -0.247. The number of hydrogen-bond acceptors (Lipinski definition) is 5. The highest BCUT2D eigenvalue weighted by molar-refractivity contribution is 6.35. The average Bonchev–Trinajstić information content (AvgIpc) is 2.84. The monoisotopic (exact) mass is 495 g/mol. The molecule has 9 heteroatoms. The van der Waals surface area contributed by atoms with E-state index in [0.29, 0.717) is 38.5 Å². The summed E-state index contributed by atoms with van der Waals surface area (Å²) >= 11 is 11.9. The van der Waals surface area contributed by atoms with Crippen LogP contribution in [0.1, 0.15) is 5.56 Å². The topological polar surface area (TPSA) is 100 Å². The molecule has 0 aliphatic carbocycles. The Morgan fingerprint density at radius 2 is 1.74 bits per heavy atom. The molecule has 0 heterocycles. The van der Waals surface area contributed by atoms with Gasteiger partial charge in [0.2, 0.25) is 0 Å². The number of nitrogens with one attached hydrogen (secondary N) is 2. The third-order valence-electron chi connectivity index (χ3n) is 4.48. The minimum absolute atomic E-state index is 0.0858. The number of carbonyl (C=O) groups is 2. The Morgan fingerprint density at radius 3 is 2.44 bits per heavy atom. The summed E-state index contributed by atoms with van der Waals surface area (Å²) in [5.74, 6) is -0.0608. The molecule has 0 saturated heterocycles. The highest BCUT2D eigenvalue weighted by Crippen LogP contribution is 2.26. The fourth-order valence-corrected chi connectivity index (χ4v) is 3.18. The Balaban J connectivity index is 1.60. The van der Waals surface area contributed by atoms with Crippen LogP contribution in [0.25, 0.3) is 6.08 Å². The van der Waals surface area contributed by atoms with Gasteiger partial charge in [0.15, 0.2) is 6.61 Å². The number of hydrogen-bond donors (Lipinski definition) is 2. The second-order valence-electron chi connectivity index (χ2n) is 6.85. The zero-order valence-corrected chi connectivity index (χ0v) is 19.5. The van der Waals surface area contributed by atoms with Gasteiger partial charge in [0.1, 0.15) is 23.1 Å². The van der Waals surface area contributed by atoms with Crippen molar-refractivity contribution >= 4 is 52.5 Å². The zero-order chi connectivity index (χ0) is 24.5. The van der Waals surface area contributed by atoms with E-state index in [1.807, 2.05) is 6.07 Å². The van der Waals surface area contributed by atoms with Crippen LogP contribution in [0.3, 0.4) is 0 Å². The SMILES string of the molecule is COc1ccccc1NC(=O)/C(C#N)=C/c1ccc(OCC(=O)Nc2cc(Cl)ccc2Cl)cc1. The molecule has 3 rings (SSSR count). The van der Waals surface area contributed by atoms with E-state index < -0.39 is 11.8 Å². The lowest BCUT2D eigenvalue weighted by molar-refractivity contribution is -0.118. The quantitative estimate of drug-likeness (QED) is 0.314. The lowest BCUT2D eigenvalue weighted by Crippen LogP contribution is -2.20. The highest BCUT2D eigenvalue weighted by Gasteiger charge is 2.12. The largest absolute Gasteiger partial charge is 0.495 e. The molecule has 7 nitrogen and oxygen atoms in total. The molecule has 0 aliphatic rings. The predicted octanol–water partition coefficient (Wildman–Crippen LogP) is 5.57. The fourth-order valence-electron chi connectivity index (χ4n) is 2.84. The van der Waals surface area contributed by atoms with Crippen LogP contribution in [0.4, 0.5) is 11.4 Å². The summed E-state index contributed by atoms with van der Waals surface area (Å²) in [4.78, 5) is 24.6. The molecule has 34 heavy (non-hydrogen) atoms. The Hall–Kier alpha value is -3.99. The molecular weight excluding hydrogens is 477 g/mol. The summed E-state index contributed by atoms with van der Waals surface area (Å²) in [5.41, 5.74) is 1.36. The molecule has 0 atom stereocenters. The summed E-state index contributed by atoms with van der Waals surface area (Å²) in [6, 6.07) is 20.1. The van der Waals surface area contributed by atoms with Gasteiger partial charge in [0.25, 0.3) is 11.8 Å². The number of anilines is 2. The van der Waals surface area contributed by atoms with E-state index in [-0.39, 0.29) is 12.2 Å². The zero-order valence-electron chi connectivity index (χ0n) is 18.0. The second kappa shape index (κ2) is 11.8. The van der Waals surface area contributed by atoms with Gasteiger partial charge >= 0.3 is 0 Å². The number of carbonyl (C=O) groups excluding carboxylic acids is 2. The molecule has 0 bridgehead atoms. The lowest BCUT2D eigenvalue weighted by Gasteiger charge is -2.10. The van der Waals surface area contributed by atoms with Crippen LogP contribution in [0, 0.1) is 11.3 Å². The first-order valence-corrected chi connectivity index (χ1v) is 10.7. The standard InChI is InChI=1S/C25H19Cl2N3O4/c1-33-23-5-3-2-4-21(23)30-25(32)17(14-28)12-16-6-9-19(10-7-16)34-15-24(31)29-22-13-18(26)8-11-20(22)27/h2-13H,15H2,1H3,(H,29,31)(H,30,32)/b17-12+. The molecule has 0 saturated carbocycles. The number of rotatable bonds is 8. The fraction of sp³-hybridized carbons (Fsp3) is 0.0800. The number of benzene rings is 3. The van der Waals surface area contributed by atoms with E-state index >= 15 is 0 Å². The normalized spacial score (nSPS) is 10.7. The molecule has 0 spiro atoms. The molecule has 2 N–H and O–H groups in total. The van der Waals surface area contributed by atoms with Crippen LogP contribution >= 0.6 is 23.2 Å². The Labute approximate surface area is 206 Å². The molecule has 2 amide bonds. The summed E-state index contributed by atoms with van der Waals surface area (Å²) in [6.07, 6.45) is 1.45. The Morgan fingerprint density at radius 1 is 1.00 bits per heavy atom. The lowest BCUT2D eigenvalue weighted by atomic mass is 10.1. The van der Waals surface area contributed by atoms with E-state index in [2.05, 4.69) is 10.6 Å².